The van der Waals surface area contributed by atoms with Gasteiger partial charge in [-0.2, -0.15) is 0 Å². The summed E-state index contributed by atoms with van der Waals surface area (Å²) in [6.07, 6.45) is 4.40. The Bertz CT molecular complexity index is 616. The minimum Gasteiger partial charge on any atom is -0.489 e. The Morgan fingerprint density at radius 2 is 2.24 bits per heavy atom. The molecule has 2 heterocycles. The third-order valence-electron chi connectivity index (χ3n) is 2.79. The van der Waals surface area contributed by atoms with Gasteiger partial charge in [-0.25, -0.2) is 0 Å². The van der Waals surface area contributed by atoms with Crippen LogP contribution in [0.15, 0.2) is 48.4 Å². The molecule has 3 rings (SSSR count). The fourth-order valence-corrected chi connectivity index (χ4v) is 1.94. The molecule has 3 heteroatoms. The van der Waals surface area contributed by atoms with E-state index in [0.717, 1.165) is 17.3 Å². The van der Waals surface area contributed by atoms with Crippen molar-refractivity contribution >= 4 is 16.7 Å². The fourth-order valence-electron chi connectivity index (χ4n) is 1.94. The van der Waals surface area contributed by atoms with Crippen LogP contribution in [0.1, 0.15) is 16.8 Å². The Morgan fingerprint density at radius 1 is 1.29 bits per heavy atom. The predicted octanol–water partition coefficient (Wildman–Crippen LogP) is 2.72. The Kier molecular flexibility index (Phi) is 2.37. The van der Waals surface area contributed by atoms with Gasteiger partial charge < -0.3 is 4.74 Å². The lowest BCUT2D eigenvalue weighted by atomic mass is 10.1. The van der Waals surface area contributed by atoms with E-state index in [-0.39, 0.29) is 5.78 Å². The molecule has 0 aliphatic carbocycles. The Labute approximate surface area is 98.7 Å². The zero-order valence-corrected chi connectivity index (χ0v) is 9.22. The summed E-state index contributed by atoms with van der Waals surface area (Å²) in [5.74, 6) is 0.418. The highest BCUT2D eigenvalue weighted by atomic mass is 16.5. The molecule has 1 aromatic carbocycles. The summed E-state index contributed by atoms with van der Waals surface area (Å²) in [5.41, 5.74) is 1.55. The quantitative estimate of drug-likeness (QED) is 0.738. The molecule has 2 aromatic rings. The number of aromatic nitrogens is 1. The van der Waals surface area contributed by atoms with E-state index in [1.807, 2.05) is 30.3 Å². The Morgan fingerprint density at radius 3 is 3.06 bits per heavy atom. The second-order valence-electron chi connectivity index (χ2n) is 3.95. The van der Waals surface area contributed by atoms with E-state index in [2.05, 4.69) is 4.98 Å². The first-order chi connectivity index (χ1) is 8.34. The summed E-state index contributed by atoms with van der Waals surface area (Å²) in [4.78, 5) is 16.3. The zero-order chi connectivity index (χ0) is 11.7. The first-order valence-electron chi connectivity index (χ1n) is 5.57. The van der Waals surface area contributed by atoms with Crippen LogP contribution in [0.2, 0.25) is 0 Å². The number of carbonyl (C=O) groups is 1. The topological polar surface area (TPSA) is 39.2 Å². The monoisotopic (exact) mass is 225 g/mol. The zero-order valence-electron chi connectivity index (χ0n) is 9.22. The number of fused-ring (bicyclic) bond motifs is 1. The summed E-state index contributed by atoms with van der Waals surface area (Å²) >= 11 is 0. The molecular formula is C14H11NO2. The second-order valence-corrected chi connectivity index (χ2v) is 3.95. The van der Waals surface area contributed by atoms with Crippen LogP contribution in [-0.4, -0.2) is 17.4 Å². The summed E-state index contributed by atoms with van der Waals surface area (Å²) in [6.45, 7) is 0.607. The van der Waals surface area contributed by atoms with Gasteiger partial charge in [-0.3, -0.25) is 9.78 Å². The van der Waals surface area contributed by atoms with Gasteiger partial charge in [0.25, 0.3) is 0 Å². The van der Waals surface area contributed by atoms with E-state index in [1.165, 1.54) is 0 Å². The molecule has 0 bridgehead atoms. The minimum atomic E-state index is -0.0479. The molecule has 0 spiro atoms. The van der Waals surface area contributed by atoms with Gasteiger partial charge in [0.2, 0.25) is 5.78 Å². The molecule has 17 heavy (non-hydrogen) atoms. The average molecular weight is 225 g/mol. The maximum atomic E-state index is 12.1. The van der Waals surface area contributed by atoms with Gasteiger partial charge in [-0.05, 0) is 30.3 Å². The number of Topliss-reactive ketones (excluding diaryl/α,β-unsaturated/α-hetero) is 1. The van der Waals surface area contributed by atoms with E-state index in [0.29, 0.717) is 17.9 Å². The van der Waals surface area contributed by atoms with E-state index in [4.69, 9.17) is 4.74 Å². The van der Waals surface area contributed by atoms with Gasteiger partial charge in [0, 0.05) is 23.6 Å². The summed E-state index contributed by atoms with van der Waals surface area (Å²) in [6, 6.07) is 9.32. The highest BCUT2D eigenvalue weighted by molar-refractivity contribution is 6.09. The molecule has 1 aromatic heterocycles. The first kappa shape index (κ1) is 10.0. The summed E-state index contributed by atoms with van der Waals surface area (Å²) in [7, 11) is 0. The van der Waals surface area contributed by atoms with E-state index < -0.39 is 0 Å². The van der Waals surface area contributed by atoms with Gasteiger partial charge in [-0.1, -0.05) is 6.07 Å². The number of benzene rings is 1. The lowest BCUT2D eigenvalue weighted by Crippen LogP contribution is -2.03. The van der Waals surface area contributed by atoms with E-state index in [9.17, 15) is 4.79 Å². The van der Waals surface area contributed by atoms with Gasteiger partial charge in [0.05, 0.1) is 12.1 Å². The number of nitrogens with zero attached hydrogens (tertiary/aromatic N) is 1. The van der Waals surface area contributed by atoms with Crippen molar-refractivity contribution < 1.29 is 9.53 Å². The summed E-state index contributed by atoms with van der Waals surface area (Å²) < 4.78 is 5.28. The smallest absolute Gasteiger partial charge is 0.227 e. The molecule has 84 valence electrons. The largest absolute Gasteiger partial charge is 0.489 e. The second kappa shape index (κ2) is 4.01. The molecular weight excluding hydrogens is 214 g/mol. The molecule has 1 aliphatic rings. The number of hydrogen-bond donors (Lipinski definition) is 0. The molecule has 0 saturated heterocycles. The number of hydrogen-bond acceptors (Lipinski definition) is 3. The molecule has 0 unspecified atom stereocenters. The van der Waals surface area contributed by atoms with Gasteiger partial charge in [-0.15, -0.1) is 0 Å². The predicted molar refractivity (Wildman–Crippen MR) is 64.7 cm³/mol. The number of ketones is 1. The molecule has 0 amide bonds. The number of allylic oxidation sites excluding steroid dienone is 1. The SMILES string of the molecule is O=C(C1=CCCO1)c1ccc2ncccc2c1. The number of rotatable bonds is 2. The van der Waals surface area contributed by atoms with Crippen molar-refractivity contribution in [3.63, 3.8) is 0 Å². The van der Waals surface area contributed by atoms with Gasteiger partial charge in [0.15, 0.2) is 5.76 Å². The van der Waals surface area contributed by atoms with Crippen LogP contribution in [0.5, 0.6) is 0 Å². The van der Waals surface area contributed by atoms with Crippen molar-refractivity contribution in [3.8, 4) is 0 Å². The van der Waals surface area contributed by atoms with Gasteiger partial charge >= 0.3 is 0 Å². The molecule has 0 radical (unpaired) electrons. The van der Waals surface area contributed by atoms with Crippen molar-refractivity contribution in [2.75, 3.05) is 6.61 Å². The molecule has 1 aliphatic heterocycles. The van der Waals surface area contributed by atoms with Gasteiger partial charge in [0.1, 0.15) is 0 Å². The lowest BCUT2D eigenvalue weighted by molar-refractivity contribution is 0.0942. The average Bonchev–Trinajstić information content (AvgIpc) is 2.91. The van der Waals surface area contributed by atoms with Crippen LogP contribution in [0.3, 0.4) is 0 Å². The maximum absolute atomic E-state index is 12.1. The van der Waals surface area contributed by atoms with Crippen molar-refractivity contribution in [3.05, 3.63) is 53.9 Å². The Hall–Kier alpha value is -2.16. The number of ether oxygens (including phenoxy) is 1. The van der Waals surface area contributed by atoms with Crippen molar-refractivity contribution in [2.45, 2.75) is 6.42 Å². The molecule has 0 saturated carbocycles. The highest BCUT2D eigenvalue weighted by Crippen LogP contribution is 2.19. The lowest BCUT2D eigenvalue weighted by Gasteiger charge is -2.04. The number of pyridine rings is 1. The van der Waals surface area contributed by atoms with Crippen LogP contribution in [0, 0.1) is 0 Å². The first-order valence-corrected chi connectivity index (χ1v) is 5.57. The minimum absolute atomic E-state index is 0.0479. The normalized spacial score (nSPS) is 14.5. The van der Waals surface area contributed by atoms with E-state index in [1.54, 1.807) is 12.3 Å². The molecule has 0 atom stereocenters. The van der Waals surface area contributed by atoms with E-state index >= 15 is 0 Å². The third kappa shape index (κ3) is 1.80. The Balaban J connectivity index is 2.03. The van der Waals surface area contributed by atoms with Crippen LogP contribution >= 0.6 is 0 Å². The standard InChI is InChI=1S/C14H11NO2/c16-14(13-4-2-8-17-13)11-5-6-12-10(9-11)3-1-7-15-12/h1,3-7,9H,2,8H2. The van der Waals surface area contributed by atoms with Crippen molar-refractivity contribution in [1.82, 2.24) is 4.98 Å². The molecule has 0 fully saturated rings. The van der Waals surface area contributed by atoms with Crippen LogP contribution in [0.25, 0.3) is 10.9 Å². The van der Waals surface area contributed by atoms with Crippen LogP contribution in [0.4, 0.5) is 0 Å². The molecule has 0 N–H and O–H groups in total. The third-order valence-corrected chi connectivity index (χ3v) is 2.79. The van der Waals surface area contributed by atoms with Crippen molar-refractivity contribution in [2.24, 2.45) is 0 Å². The summed E-state index contributed by atoms with van der Waals surface area (Å²) in [5, 5.41) is 0.969. The fraction of sp³-hybridized carbons (Fsp3) is 0.143. The highest BCUT2D eigenvalue weighted by Gasteiger charge is 2.17. The van der Waals surface area contributed by atoms with Crippen molar-refractivity contribution in [1.29, 1.82) is 0 Å². The molecule has 3 nitrogen and oxygen atoms in total. The van der Waals surface area contributed by atoms with Crippen LogP contribution in [-0.2, 0) is 4.74 Å². The number of carbonyl (C=O) groups excluding carboxylic acids is 1. The maximum Gasteiger partial charge on any atom is 0.227 e. The van der Waals surface area contributed by atoms with Crippen LogP contribution < -0.4 is 0 Å².